The molecular weight excluding hydrogens is 522 g/mol. The van der Waals surface area contributed by atoms with Gasteiger partial charge < -0.3 is 15.4 Å². The lowest BCUT2D eigenvalue weighted by molar-refractivity contribution is 0.340. The molecule has 0 aliphatic heterocycles. The summed E-state index contributed by atoms with van der Waals surface area (Å²) in [5, 5.41) is 12.2. The van der Waals surface area contributed by atoms with Gasteiger partial charge in [0.1, 0.15) is 11.6 Å². The van der Waals surface area contributed by atoms with Crippen LogP contribution in [0.15, 0.2) is 88.8 Å². The van der Waals surface area contributed by atoms with E-state index in [2.05, 4.69) is 26.5 Å². The minimum Gasteiger partial charge on any atom is -0.494 e. The lowest BCUT2D eigenvalue weighted by atomic mass is 10.1. The van der Waals surface area contributed by atoms with Gasteiger partial charge in [-0.1, -0.05) is 30.3 Å². The first kappa shape index (κ1) is 27.1. The molecule has 0 saturated carbocycles. The van der Waals surface area contributed by atoms with Crippen molar-refractivity contribution in [1.82, 2.24) is 9.97 Å². The van der Waals surface area contributed by atoms with Crippen molar-refractivity contribution in [2.24, 2.45) is 5.14 Å². The van der Waals surface area contributed by atoms with Gasteiger partial charge >= 0.3 is 0 Å². The molecule has 4 aromatic rings. The van der Waals surface area contributed by atoms with Crippen LogP contribution in [0, 0.1) is 0 Å². The van der Waals surface area contributed by atoms with E-state index in [-0.39, 0.29) is 4.90 Å². The summed E-state index contributed by atoms with van der Waals surface area (Å²) < 4.78 is 41.3. The van der Waals surface area contributed by atoms with Crippen molar-refractivity contribution in [3.8, 4) is 16.9 Å². The Morgan fingerprint density at radius 3 is 2.32 bits per heavy atom. The van der Waals surface area contributed by atoms with Crippen LogP contribution >= 0.6 is 0 Å². The maximum Gasteiger partial charge on any atom is 0.229 e. The summed E-state index contributed by atoms with van der Waals surface area (Å²) in [5.41, 5.74) is 3.14. The number of nitrogens with zero attached hydrogens (tertiary/aromatic N) is 2. The van der Waals surface area contributed by atoms with Gasteiger partial charge in [-0.15, -0.1) is 0 Å². The number of hydrogen-bond donors (Lipinski definition) is 3. The number of nitrogens with one attached hydrogen (secondary N) is 2. The van der Waals surface area contributed by atoms with Crippen LogP contribution in [0.3, 0.4) is 0 Å². The molecule has 1 unspecified atom stereocenters. The first-order valence-electron chi connectivity index (χ1n) is 11.7. The fourth-order valence-electron chi connectivity index (χ4n) is 3.64. The number of anilines is 3. The average molecular weight is 552 g/mol. The number of rotatable bonds is 10. The molecule has 4 N–H and O–H groups in total. The van der Waals surface area contributed by atoms with Gasteiger partial charge in [-0.2, -0.15) is 4.98 Å². The average Bonchev–Trinajstić information content (AvgIpc) is 2.88. The molecule has 0 spiro atoms. The summed E-state index contributed by atoms with van der Waals surface area (Å²) in [5.74, 6) is 5.18. The zero-order valence-corrected chi connectivity index (χ0v) is 22.7. The zero-order chi connectivity index (χ0) is 27.3. The minimum absolute atomic E-state index is 0.260. The van der Waals surface area contributed by atoms with Gasteiger partial charge in [-0.05, 0) is 66.4 Å². The summed E-state index contributed by atoms with van der Waals surface area (Å²) in [6.07, 6.45) is 2.88. The molecule has 9 nitrogen and oxygen atoms in total. The highest BCUT2D eigenvalue weighted by molar-refractivity contribution is 7.98. The summed E-state index contributed by atoms with van der Waals surface area (Å²) in [4.78, 5) is 9.83. The molecule has 38 heavy (non-hydrogen) atoms. The Balaban J connectivity index is 1.64. The Kier molecular flexibility index (Phi) is 8.00. The van der Waals surface area contributed by atoms with Gasteiger partial charge in [0.2, 0.25) is 5.95 Å². The van der Waals surface area contributed by atoms with Crippen LogP contribution in [0.1, 0.15) is 12.5 Å². The summed E-state index contributed by atoms with van der Waals surface area (Å²) in [7, 11) is -6.14. The third kappa shape index (κ3) is 6.88. The molecule has 0 bridgehead atoms. The minimum atomic E-state index is -3.27. The molecule has 0 fully saturated rings. The third-order valence-electron chi connectivity index (χ3n) is 5.57. The highest BCUT2D eigenvalue weighted by Crippen LogP contribution is 2.30. The molecule has 1 heterocycles. The van der Waals surface area contributed by atoms with E-state index in [1.165, 1.54) is 6.26 Å². The number of nitrogens with two attached hydrogens (primary N) is 1. The van der Waals surface area contributed by atoms with Crippen LogP contribution in [0.4, 0.5) is 17.5 Å². The molecule has 11 heteroatoms. The first-order valence-corrected chi connectivity index (χ1v) is 15.4. The Hall–Kier alpha value is -3.93. The second kappa shape index (κ2) is 11.2. The fraction of sp³-hybridized carbons (Fsp3) is 0.148. The van der Waals surface area contributed by atoms with Gasteiger partial charge in [0, 0.05) is 35.1 Å². The molecule has 0 aliphatic rings. The first-order chi connectivity index (χ1) is 18.0. The Labute approximate surface area is 223 Å². The molecule has 0 amide bonds. The van der Waals surface area contributed by atoms with E-state index >= 15 is 0 Å². The van der Waals surface area contributed by atoms with Gasteiger partial charge in [0.25, 0.3) is 0 Å². The molecule has 1 atom stereocenters. The maximum absolute atomic E-state index is 12.2. The predicted octanol–water partition coefficient (Wildman–Crippen LogP) is 4.25. The van der Waals surface area contributed by atoms with Crippen molar-refractivity contribution in [1.29, 1.82) is 0 Å². The smallest absolute Gasteiger partial charge is 0.229 e. The van der Waals surface area contributed by atoms with Crippen LogP contribution in [0.25, 0.3) is 11.1 Å². The van der Waals surface area contributed by atoms with Gasteiger partial charge in [-0.25, -0.2) is 17.6 Å². The van der Waals surface area contributed by atoms with Crippen LogP contribution < -0.4 is 20.5 Å². The van der Waals surface area contributed by atoms with Crippen LogP contribution in [0.2, 0.25) is 0 Å². The standard InChI is InChI=1S/C27H29N5O4S2/c1-4-36-22-12-10-20(11-13-22)25-18-30-27(31-21-6-5-7-24(16-21)37(2,28)33)32-26(25)29-17-19-8-14-23(15-9-19)38(3,34)35/h5-16,18H,2,4,17H2,1,3H3,(H2,28,33)(H2,29,30,31,32). The number of ether oxygens (including phenoxy) is 1. The maximum atomic E-state index is 12.2. The summed E-state index contributed by atoms with van der Waals surface area (Å²) in [6.45, 7) is 2.90. The SMILES string of the molecule is C=S(N)(=O)c1cccc(Nc2ncc(-c3ccc(OCC)cc3)c(NCc3ccc(S(C)(=O)=O)cc3)n2)c1. The highest BCUT2D eigenvalue weighted by Gasteiger charge is 2.12. The number of sulfone groups is 1. The van der Waals surface area contributed by atoms with E-state index in [1.54, 1.807) is 54.7 Å². The van der Waals surface area contributed by atoms with Crippen molar-refractivity contribution in [2.45, 2.75) is 23.3 Å². The second-order valence-electron chi connectivity index (χ2n) is 8.56. The summed E-state index contributed by atoms with van der Waals surface area (Å²) in [6, 6.07) is 21.1. The van der Waals surface area contributed by atoms with E-state index < -0.39 is 19.5 Å². The van der Waals surface area contributed by atoms with E-state index in [1.807, 2.05) is 31.2 Å². The Bertz CT molecular complexity index is 1640. The quantitative estimate of drug-likeness (QED) is 0.249. The molecule has 0 saturated heterocycles. The topological polar surface area (TPSA) is 136 Å². The van der Waals surface area contributed by atoms with Crippen molar-refractivity contribution in [3.63, 3.8) is 0 Å². The van der Waals surface area contributed by atoms with Crippen LogP contribution in [-0.2, 0) is 26.1 Å². The van der Waals surface area contributed by atoms with Gasteiger partial charge in [0.15, 0.2) is 9.84 Å². The van der Waals surface area contributed by atoms with E-state index in [0.717, 1.165) is 22.4 Å². The predicted molar refractivity (Wildman–Crippen MR) is 153 cm³/mol. The molecular formula is C27H29N5O4S2. The number of hydrogen-bond acceptors (Lipinski definition) is 8. The van der Waals surface area contributed by atoms with Gasteiger partial charge in [0.05, 0.1) is 21.2 Å². The fourth-order valence-corrected chi connectivity index (χ4v) is 4.91. The van der Waals surface area contributed by atoms with E-state index in [4.69, 9.17) is 9.88 Å². The molecule has 198 valence electrons. The molecule has 3 aromatic carbocycles. The monoisotopic (exact) mass is 551 g/mol. The number of aromatic nitrogens is 2. The van der Waals surface area contributed by atoms with Crippen LogP contribution in [-0.4, -0.2) is 41.3 Å². The molecule has 1 aromatic heterocycles. The Morgan fingerprint density at radius 2 is 1.68 bits per heavy atom. The lowest BCUT2D eigenvalue weighted by Gasteiger charge is -2.14. The Morgan fingerprint density at radius 1 is 0.974 bits per heavy atom. The highest BCUT2D eigenvalue weighted by atomic mass is 32.2. The van der Waals surface area contributed by atoms with Crippen molar-refractivity contribution in [2.75, 3.05) is 23.5 Å². The van der Waals surface area contributed by atoms with Crippen molar-refractivity contribution in [3.05, 3.63) is 84.6 Å². The normalized spacial score (nSPS) is 12.9. The number of benzene rings is 3. The zero-order valence-electron chi connectivity index (χ0n) is 21.0. The summed E-state index contributed by atoms with van der Waals surface area (Å²) >= 11 is 0. The second-order valence-corrected chi connectivity index (χ2v) is 12.5. The van der Waals surface area contributed by atoms with Crippen LogP contribution in [0.5, 0.6) is 5.75 Å². The van der Waals surface area contributed by atoms with Crippen molar-refractivity contribution >= 4 is 42.9 Å². The molecule has 0 radical (unpaired) electrons. The van der Waals surface area contributed by atoms with Crippen molar-refractivity contribution < 1.29 is 17.4 Å². The third-order valence-corrected chi connectivity index (χ3v) is 7.75. The molecule has 4 rings (SSSR count). The molecule has 0 aliphatic carbocycles. The largest absolute Gasteiger partial charge is 0.494 e. The van der Waals surface area contributed by atoms with Gasteiger partial charge in [-0.3, -0.25) is 5.14 Å². The lowest BCUT2D eigenvalue weighted by Crippen LogP contribution is -2.12. The van der Waals surface area contributed by atoms with E-state index in [9.17, 15) is 12.6 Å². The van der Waals surface area contributed by atoms with E-state index in [0.29, 0.717) is 35.5 Å².